The SMILES string of the molecule is COc1c(SC)ccc(C(F)(F)F)c1Cl. The minimum absolute atomic E-state index is 0.0685. The first-order valence-corrected chi connectivity index (χ1v) is 5.49. The highest BCUT2D eigenvalue weighted by molar-refractivity contribution is 7.98. The molecule has 1 rings (SSSR count). The quantitative estimate of drug-likeness (QED) is 0.737. The van der Waals surface area contributed by atoms with Gasteiger partial charge in [-0.25, -0.2) is 0 Å². The first kappa shape index (κ1) is 12.5. The summed E-state index contributed by atoms with van der Waals surface area (Å²) in [5.74, 6) is 0.0685. The van der Waals surface area contributed by atoms with E-state index in [2.05, 4.69) is 0 Å². The Bertz CT molecular complexity index is 365. The highest BCUT2D eigenvalue weighted by atomic mass is 35.5. The number of hydrogen-bond donors (Lipinski definition) is 0. The van der Waals surface area contributed by atoms with Gasteiger partial charge in [0.2, 0.25) is 0 Å². The highest BCUT2D eigenvalue weighted by Crippen LogP contribution is 2.43. The number of halogens is 4. The lowest BCUT2D eigenvalue weighted by molar-refractivity contribution is -0.137. The van der Waals surface area contributed by atoms with E-state index in [0.29, 0.717) is 4.90 Å². The van der Waals surface area contributed by atoms with Crippen molar-refractivity contribution in [2.45, 2.75) is 11.1 Å². The number of alkyl halides is 3. The lowest BCUT2D eigenvalue weighted by atomic mass is 10.2. The maximum absolute atomic E-state index is 12.5. The van der Waals surface area contributed by atoms with Crippen molar-refractivity contribution in [1.29, 1.82) is 0 Å². The molecule has 0 aromatic heterocycles. The van der Waals surface area contributed by atoms with Crippen LogP contribution < -0.4 is 4.74 Å². The first-order valence-electron chi connectivity index (χ1n) is 3.89. The molecule has 0 saturated heterocycles. The van der Waals surface area contributed by atoms with Crippen molar-refractivity contribution in [3.05, 3.63) is 22.7 Å². The molecule has 0 atom stereocenters. The third-order valence-corrected chi connectivity index (χ3v) is 2.93. The van der Waals surface area contributed by atoms with Crippen LogP contribution in [-0.4, -0.2) is 13.4 Å². The van der Waals surface area contributed by atoms with Gasteiger partial charge in [-0.1, -0.05) is 11.6 Å². The zero-order chi connectivity index (χ0) is 11.6. The van der Waals surface area contributed by atoms with Crippen LogP contribution in [-0.2, 0) is 6.18 Å². The Balaban J connectivity index is 3.36. The van der Waals surface area contributed by atoms with Gasteiger partial charge in [0.25, 0.3) is 0 Å². The molecule has 6 heteroatoms. The van der Waals surface area contributed by atoms with Crippen LogP contribution in [0.4, 0.5) is 13.2 Å². The van der Waals surface area contributed by atoms with E-state index in [9.17, 15) is 13.2 Å². The Kier molecular flexibility index (Phi) is 3.78. The summed E-state index contributed by atoms with van der Waals surface area (Å²) < 4.78 is 42.2. The monoisotopic (exact) mass is 256 g/mol. The average Bonchev–Trinajstić information content (AvgIpc) is 2.15. The van der Waals surface area contributed by atoms with E-state index in [0.717, 1.165) is 6.07 Å². The van der Waals surface area contributed by atoms with Crippen LogP contribution in [0.1, 0.15) is 5.56 Å². The minimum atomic E-state index is -4.46. The second kappa shape index (κ2) is 4.53. The molecule has 0 aliphatic carbocycles. The smallest absolute Gasteiger partial charge is 0.417 e. The summed E-state index contributed by atoms with van der Waals surface area (Å²) in [4.78, 5) is 0.579. The Morgan fingerprint density at radius 3 is 2.33 bits per heavy atom. The summed E-state index contributed by atoms with van der Waals surface area (Å²) in [6, 6.07) is 2.30. The Hall–Kier alpha value is -0.550. The van der Waals surface area contributed by atoms with Gasteiger partial charge in [0.15, 0.2) is 5.75 Å². The van der Waals surface area contributed by atoms with Crippen molar-refractivity contribution >= 4 is 23.4 Å². The molecule has 1 nitrogen and oxygen atoms in total. The topological polar surface area (TPSA) is 9.23 Å². The molecule has 0 bridgehead atoms. The van der Waals surface area contributed by atoms with Crippen LogP contribution >= 0.6 is 23.4 Å². The molecule has 15 heavy (non-hydrogen) atoms. The lowest BCUT2D eigenvalue weighted by Crippen LogP contribution is -2.06. The van der Waals surface area contributed by atoms with E-state index < -0.39 is 16.8 Å². The first-order chi connectivity index (χ1) is 6.91. The fourth-order valence-electron chi connectivity index (χ4n) is 1.11. The van der Waals surface area contributed by atoms with E-state index in [1.807, 2.05) is 0 Å². The third-order valence-electron chi connectivity index (χ3n) is 1.79. The van der Waals surface area contributed by atoms with Crippen molar-refractivity contribution < 1.29 is 17.9 Å². The van der Waals surface area contributed by atoms with Gasteiger partial charge in [-0.2, -0.15) is 13.2 Å². The number of benzene rings is 1. The molecule has 0 unspecified atom stereocenters. The predicted octanol–water partition coefficient (Wildman–Crippen LogP) is 4.09. The molecule has 1 aromatic carbocycles. The fraction of sp³-hybridized carbons (Fsp3) is 0.333. The molecule has 0 spiro atoms. The normalized spacial score (nSPS) is 11.6. The zero-order valence-electron chi connectivity index (χ0n) is 7.98. The summed E-state index contributed by atoms with van der Waals surface area (Å²) in [6.07, 6.45) is -2.72. The van der Waals surface area contributed by atoms with Gasteiger partial charge in [0.05, 0.1) is 22.6 Å². The Morgan fingerprint density at radius 1 is 1.33 bits per heavy atom. The molecular weight excluding hydrogens is 249 g/mol. The molecule has 0 saturated carbocycles. The summed E-state index contributed by atoms with van der Waals surface area (Å²) in [7, 11) is 1.29. The van der Waals surface area contributed by atoms with Gasteiger partial charge >= 0.3 is 6.18 Å². The Labute approximate surface area is 94.6 Å². The van der Waals surface area contributed by atoms with E-state index in [1.165, 1.54) is 24.9 Å². The number of thioether (sulfide) groups is 1. The van der Waals surface area contributed by atoms with Gasteiger partial charge < -0.3 is 4.74 Å². The second-order valence-electron chi connectivity index (χ2n) is 2.66. The van der Waals surface area contributed by atoms with Gasteiger partial charge in [0.1, 0.15) is 0 Å². The van der Waals surface area contributed by atoms with Gasteiger partial charge in [-0.05, 0) is 18.4 Å². The largest absolute Gasteiger partial charge is 0.494 e. The Morgan fingerprint density at radius 2 is 1.93 bits per heavy atom. The standard InChI is InChI=1S/C9H8ClF3OS/c1-14-8-6(15-2)4-3-5(7(8)10)9(11,12)13/h3-4H,1-2H3. The van der Waals surface area contributed by atoms with Crippen LogP contribution in [0.25, 0.3) is 0 Å². The van der Waals surface area contributed by atoms with Crippen molar-refractivity contribution in [3.63, 3.8) is 0 Å². The lowest BCUT2D eigenvalue weighted by Gasteiger charge is -2.14. The molecule has 84 valence electrons. The van der Waals surface area contributed by atoms with E-state index in [1.54, 1.807) is 6.26 Å². The predicted molar refractivity (Wildman–Crippen MR) is 54.8 cm³/mol. The third kappa shape index (κ3) is 2.52. The van der Waals surface area contributed by atoms with Gasteiger partial charge in [-0.3, -0.25) is 0 Å². The number of rotatable bonds is 2. The van der Waals surface area contributed by atoms with E-state index in [-0.39, 0.29) is 5.75 Å². The van der Waals surface area contributed by atoms with Crippen LogP contribution in [0.15, 0.2) is 17.0 Å². The van der Waals surface area contributed by atoms with Crippen LogP contribution in [0.3, 0.4) is 0 Å². The van der Waals surface area contributed by atoms with Crippen molar-refractivity contribution in [1.82, 2.24) is 0 Å². The average molecular weight is 257 g/mol. The second-order valence-corrected chi connectivity index (χ2v) is 3.89. The number of methoxy groups -OCH3 is 1. The van der Waals surface area contributed by atoms with Crippen molar-refractivity contribution in [2.75, 3.05) is 13.4 Å². The van der Waals surface area contributed by atoms with Gasteiger partial charge in [-0.15, -0.1) is 11.8 Å². The van der Waals surface area contributed by atoms with Crippen molar-refractivity contribution in [3.8, 4) is 5.75 Å². The molecule has 0 fully saturated rings. The molecular formula is C9H8ClF3OS. The maximum atomic E-state index is 12.5. The molecule has 0 aliphatic rings. The summed E-state index contributed by atoms with van der Waals surface area (Å²) in [5, 5.41) is -0.392. The molecule has 0 N–H and O–H groups in total. The number of ether oxygens (including phenoxy) is 1. The summed E-state index contributed by atoms with van der Waals surface area (Å²) in [5.41, 5.74) is -0.876. The van der Waals surface area contributed by atoms with Crippen LogP contribution in [0, 0.1) is 0 Å². The van der Waals surface area contributed by atoms with Gasteiger partial charge in [0, 0.05) is 0 Å². The van der Waals surface area contributed by atoms with E-state index in [4.69, 9.17) is 16.3 Å². The molecule has 0 aliphatic heterocycles. The van der Waals surface area contributed by atoms with E-state index >= 15 is 0 Å². The molecule has 1 aromatic rings. The zero-order valence-corrected chi connectivity index (χ0v) is 9.56. The molecule has 0 amide bonds. The summed E-state index contributed by atoms with van der Waals surface area (Å²) >= 11 is 6.90. The minimum Gasteiger partial charge on any atom is -0.494 e. The fourth-order valence-corrected chi connectivity index (χ4v) is 2.09. The highest BCUT2D eigenvalue weighted by Gasteiger charge is 2.34. The molecule has 0 heterocycles. The van der Waals surface area contributed by atoms with Crippen molar-refractivity contribution in [2.24, 2.45) is 0 Å². The van der Waals surface area contributed by atoms with Crippen LogP contribution in [0.5, 0.6) is 5.75 Å². The maximum Gasteiger partial charge on any atom is 0.417 e. The van der Waals surface area contributed by atoms with Crippen LogP contribution in [0.2, 0.25) is 5.02 Å². The summed E-state index contributed by atoms with van der Waals surface area (Å²) in [6.45, 7) is 0. The number of hydrogen-bond acceptors (Lipinski definition) is 2. The molecule has 0 radical (unpaired) electrons.